The van der Waals surface area contributed by atoms with Gasteiger partial charge in [-0.1, -0.05) is 13.8 Å². The van der Waals surface area contributed by atoms with Gasteiger partial charge in [0.25, 0.3) is 0 Å². The van der Waals surface area contributed by atoms with Crippen molar-refractivity contribution in [2.24, 2.45) is 0 Å². The summed E-state index contributed by atoms with van der Waals surface area (Å²) in [6.07, 6.45) is 0. The van der Waals surface area contributed by atoms with E-state index in [4.69, 9.17) is 10.00 Å². The number of nitrogens with zero attached hydrogens (tertiary/aromatic N) is 1. The molecular weight excluding hydrogens is 305 g/mol. The highest BCUT2D eigenvalue weighted by atomic mass is 19.1. The number of hydrogen-bond acceptors (Lipinski definition) is 3. The predicted octanol–water partition coefficient (Wildman–Crippen LogP) is 5.14. The van der Waals surface area contributed by atoms with Crippen molar-refractivity contribution in [2.45, 2.75) is 20.8 Å². The second-order valence-electron chi connectivity index (χ2n) is 4.28. The average Bonchev–Trinajstić information content (AvgIpc) is 2.58. The molecule has 3 nitrogen and oxygen atoms in total. The number of hydrogen-bond donors (Lipinski definition) is 1. The van der Waals surface area contributed by atoms with Crippen molar-refractivity contribution in [1.29, 1.82) is 5.26 Å². The van der Waals surface area contributed by atoms with Gasteiger partial charge >= 0.3 is 0 Å². The molecule has 0 spiro atoms. The third-order valence-corrected chi connectivity index (χ3v) is 2.97. The Hall–Kier alpha value is -2.68. The summed E-state index contributed by atoms with van der Waals surface area (Å²) in [6.45, 7) is 5.47. The zero-order valence-electron chi connectivity index (χ0n) is 13.3. The van der Waals surface area contributed by atoms with E-state index in [2.05, 4.69) is 5.32 Å². The van der Waals surface area contributed by atoms with Crippen LogP contribution in [-0.2, 0) is 0 Å². The maximum absolute atomic E-state index is 14.1. The molecule has 0 heterocycles. The maximum Gasteiger partial charge on any atom is 0.199 e. The molecule has 0 bridgehead atoms. The van der Waals surface area contributed by atoms with Gasteiger partial charge in [0, 0.05) is 30.4 Å². The third kappa shape index (κ3) is 3.95. The Kier molecular flexibility index (Phi) is 6.46. The first-order valence-electron chi connectivity index (χ1n) is 7.01. The monoisotopic (exact) mass is 322 g/mol. The molecule has 0 fully saturated rings. The van der Waals surface area contributed by atoms with E-state index >= 15 is 0 Å². The number of nitrogens with one attached hydrogen (secondary N) is 1. The maximum atomic E-state index is 14.1. The molecule has 2 aromatic carbocycles. The summed E-state index contributed by atoms with van der Waals surface area (Å²) < 4.78 is 46.3. The summed E-state index contributed by atoms with van der Waals surface area (Å²) in [4.78, 5) is 0. The van der Waals surface area contributed by atoms with Crippen molar-refractivity contribution in [3.63, 3.8) is 0 Å². The summed E-state index contributed by atoms with van der Waals surface area (Å²) in [7, 11) is 1.54. The van der Waals surface area contributed by atoms with Crippen molar-refractivity contribution in [1.82, 2.24) is 0 Å². The van der Waals surface area contributed by atoms with E-state index in [1.165, 1.54) is 13.0 Å². The van der Waals surface area contributed by atoms with E-state index in [1.807, 2.05) is 13.8 Å². The van der Waals surface area contributed by atoms with E-state index in [0.29, 0.717) is 5.69 Å². The van der Waals surface area contributed by atoms with Gasteiger partial charge in [0.15, 0.2) is 17.4 Å². The lowest BCUT2D eigenvalue weighted by molar-refractivity contribution is 0.405. The van der Waals surface area contributed by atoms with Crippen LogP contribution in [-0.4, -0.2) is 7.05 Å². The molecule has 0 aliphatic heterocycles. The Bertz CT molecular complexity index is 740. The normalized spacial score (nSPS) is 9.48. The molecule has 0 atom stereocenters. The molecule has 0 amide bonds. The molecule has 2 rings (SSSR count). The number of anilines is 1. The summed E-state index contributed by atoms with van der Waals surface area (Å²) in [6, 6.07) is 6.00. The highest BCUT2D eigenvalue weighted by Gasteiger charge is 2.18. The standard InChI is InChI=1S/C15H11F3N2O.C2H6/c1-8-13(20-2)6-12(17)15(14(8)18)21-10-3-4-11(16)9(5-10)7-19;1-2/h3-6,20H,1-2H3;1-2H3. The average molecular weight is 322 g/mol. The fourth-order valence-corrected chi connectivity index (χ4v) is 1.82. The van der Waals surface area contributed by atoms with Crippen LogP contribution in [0.25, 0.3) is 0 Å². The van der Waals surface area contributed by atoms with Gasteiger partial charge in [-0.3, -0.25) is 0 Å². The van der Waals surface area contributed by atoms with Gasteiger partial charge in [0.2, 0.25) is 0 Å². The zero-order valence-corrected chi connectivity index (χ0v) is 13.3. The first-order chi connectivity index (χ1) is 11.0. The second-order valence-corrected chi connectivity index (χ2v) is 4.28. The van der Waals surface area contributed by atoms with E-state index in [0.717, 1.165) is 18.2 Å². The lowest BCUT2D eigenvalue weighted by Crippen LogP contribution is -2.01. The largest absolute Gasteiger partial charge is 0.451 e. The summed E-state index contributed by atoms with van der Waals surface area (Å²) in [5, 5.41) is 11.4. The molecule has 0 aliphatic carbocycles. The van der Waals surface area contributed by atoms with E-state index in [9.17, 15) is 13.2 Å². The minimum absolute atomic E-state index is 0.0256. The SMILES string of the molecule is CC.CNc1cc(F)c(Oc2ccc(F)c(C#N)c2)c(F)c1C. The van der Waals surface area contributed by atoms with Gasteiger partial charge in [-0.15, -0.1) is 0 Å². The van der Waals surface area contributed by atoms with E-state index < -0.39 is 23.2 Å². The predicted molar refractivity (Wildman–Crippen MR) is 83.2 cm³/mol. The molecular formula is C17H17F3N2O. The number of benzene rings is 2. The fourth-order valence-electron chi connectivity index (χ4n) is 1.82. The summed E-state index contributed by atoms with van der Waals surface area (Å²) >= 11 is 0. The van der Waals surface area contributed by atoms with Crippen LogP contribution in [0, 0.1) is 35.7 Å². The molecule has 0 aromatic heterocycles. The number of ether oxygens (including phenoxy) is 1. The van der Waals surface area contributed by atoms with Crippen molar-refractivity contribution in [2.75, 3.05) is 12.4 Å². The lowest BCUT2D eigenvalue weighted by Gasteiger charge is -2.13. The van der Waals surface area contributed by atoms with Crippen LogP contribution < -0.4 is 10.1 Å². The first-order valence-corrected chi connectivity index (χ1v) is 7.01. The second kappa shape index (κ2) is 8.08. The van der Waals surface area contributed by atoms with Crippen LogP contribution in [0.15, 0.2) is 24.3 Å². The minimum atomic E-state index is -0.898. The molecule has 0 aliphatic rings. The lowest BCUT2D eigenvalue weighted by atomic mass is 10.1. The molecule has 122 valence electrons. The van der Waals surface area contributed by atoms with Gasteiger partial charge in [-0.25, -0.2) is 13.2 Å². The Labute approximate surface area is 133 Å². The zero-order chi connectivity index (χ0) is 17.6. The van der Waals surface area contributed by atoms with Crippen LogP contribution in [0.2, 0.25) is 0 Å². The molecule has 0 saturated carbocycles. The molecule has 23 heavy (non-hydrogen) atoms. The van der Waals surface area contributed by atoms with Crippen molar-refractivity contribution < 1.29 is 17.9 Å². The molecule has 0 unspecified atom stereocenters. The Morgan fingerprint density at radius 3 is 2.30 bits per heavy atom. The van der Waals surface area contributed by atoms with Crippen molar-refractivity contribution in [3.05, 3.63) is 52.8 Å². The van der Waals surface area contributed by atoms with E-state index in [1.54, 1.807) is 13.1 Å². The van der Waals surface area contributed by atoms with Gasteiger partial charge in [0.1, 0.15) is 17.6 Å². The molecule has 1 N–H and O–H groups in total. The van der Waals surface area contributed by atoms with Crippen molar-refractivity contribution >= 4 is 5.69 Å². The van der Waals surface area contributed by atoms with Crippen molar-refractivity contribution in [3.8, 4) is 17.6 Å². The third-order valence-electron chi connectivity index (χ3n) is 2.97. The van der Waals surface area contributed by atoms with Gasteiger partial charge in [-0.2, -0.15) is 5.26 Å². The smallest absolute Gasteiger partial charge is 0.199 e. The molecule has 2 aromatic rings. The Morgan fingerprint density at radius 1 is 1.09 bits per heavy atom. The highest BCUT2D eigenvalue weighted by molar-refractivity contribution is 5.55. The van der Waals surface area contributed by atoms with Crippen LogP contribution in [0.3, 0.4) is 0 Å². The van der Waals surface area contributed by atoms with Gasteiger partial charge in [0.05, 0.1) is 5.56 Å². The topological polar surface area (TPSA) is 45.0 Å². The fraction of sp³-hybridized carbons (Fsp3) is 0.235. The number of rotatable bonds is 3. The molecule has 6 heteroatoms. The molecule has 0 saturated heterocycles. The van der Waals surface area contributed by atoms with Gasteiger partial charge < -0.3 is 10.1 Å². The minimum Gasteiger partial charge on any atom is -0.451 e. The van der Waals surface area contributed by atoms with Crippen LogP contribution in [0.4, 0.5) is 18.9 Å². The quantitative estimate of drug-likeness (QED) is 0.850. The Morgan fingerprint density at radius 2 is 1.74 bits per heavy atom. The van der Waals surface area contributed by atoms with Crippen LogP contribution in [0.1, 0.15) is 25.0 Å². The van der Waals surface area contributed by atoms with E-state index in [-0.39, 0.29) is 16.9 Å². The Balaban J connectivity index is 0.00000127. The first kappa shape index (κ1) is 18.4. The molecule has 0 radical (unpaired) electrons. The number of nitriles is 1. The summed E-state index contributed by atoms with van der Waals surface area (Å²) in [5.41, 5.74) is 0.225. The van der Waals surface area contributed by atoms with Crippen LogP contribution >= 0.6 is 0 Å². The summed E-state index contributed by atoms with van der Waals surface area (Å²) in [5.74, 6) is -3.11. The number of halogens is 3. The van der Waals surface area contributed by atoms with Crippen LogP contribution in [0.5, 0.6) is 11.5 Å². The van der Waals surface area contributed by atoms with Gasteiger partial charge in [-0.05, 0) is 19.1 Å². The highest BCUT2D eigenvalue weighted by Crippen LogP contribution is 2.33.